The summed E-state index contributed by atoms with van der Waals surface area (Å²) >= 11 is 0. The van der Waals surface area contributed by atoms with E-state index in [0.29, 0.717) is 12.5 Å². The summed E-state index contributed by atoms with van der Waals surface area (Å²) in [5.74, 6) is 0.880. The highest BCUT2D eigenvalue weighted by molar-refractivity contribution is 5.85. The lowest BCUT2D eigenvalue weighted by molar-refractivity contribution is -0.133. The molecular formula is C18H30ClN3O. The van der Waals surface area contributed by atoms with Crippen LogP contribution in [0, 0.1) is 5.92 Å². The molecule has 4 nitrogen and oxygen atoms in total. The fraction of sp³-hybridized carbons (Fsp3) is 0.611. The Morgan fingerprint density at radius 3 is 2.74 bits per heavy atom. The SMILES string of the molecule is CNCC1CCCN(CC(=O)N(C)C(C)c2ccccc2)C1.Cl. The molecule has 23 heavy (non-hydrogen) atoms. The molecule has 1 amide bonds. The summed E-state index contributed by atoms with van der Waals surface area (Å²) in [5.41, 5.74) is 1.19. The van der Waals surface area contributed by atoms with Crippen LogP contribution in [0.1, 0.15) is 31.4 Å². The number of nitrogens with zero attached hydrogens (tertiary/aromatic N) is 2. The summed E-state index contributed by atoms with van der Waals surface area (Å²) in [5, 5.41) is 3.25. The number of benzene rings is 1. The number of amides is 1. The lowest BCUT2D eigenvalue weighted by Gasteiger charge is -2.34. The van der Waals surface area contributed by atoms with Crippen LogP contribution < -0.4 is 5.32 Å². The molecule has 1 aliphatic heterocycles. The van der Waals surface area contributed by atoms with Crippen molar-refractivity contribution in [2.24, 2.45) is 5.92 Å². The highest BCUT2D eigenvalue weighted by Crippen LogP contribution is 2.20. The largest absolute Gasteiger partial charge is 0.338 e. The fourth-order valence-electron chi connectivity index (χ4n) is 3.22. The maximum atomic E-state index is 12.6. The number of likely N-dealkylation sites (tertiary alicyclic amines) is 1. The standard InChI is InChI=1S/C18H29N3O.ClH/c1-15(17-9-5-4-6-10-17)20(3)18(22)14-21-11-7-8-16(13-21)12-19-2;/h4-6,9-10,15-16,19H,7-8,11-14H2,1-3H3;1H. The molecule has 0 aliphatic carbocycles. The molecule has 1 aliphatic rings. The van der Waals surface area contributed by atoms with Crippen molar-refractivity contribution in [3.05, 3.63) is 35.9 Å². The summed E-state index contributed by atoms with van der Waals surface area (Å²) in [4.78, 5) is 16.7. The van der Waals surface area contributed by atoms with Crippen molar-refractivity contribution in [3.8, 4) is 0 Å². The Morgan fingerprint density at radius 1 is 1.39 bits per heavy atom. The van der Waals surface area contributed by atoms with Crippen LogP contribution in [0.3, 0.4) is 0 Å². The van der Waals surface area contributed by atoms with Crippen LogP contribution in [0.25, 0.3) is 0 Å². The van der Waals surface area contributed by atoms with E-state index < -0.39 is 0 Å². The predicted octanol–water partition coefficient (Wildman–Crippen LogP) is 2.56. The summed E-state index contributed by atoms with van der Waals surface area (Å²) in [7, 11) is 3.91. The van der Waals surface area contributed by atoms with Gasteiger partial charge in [0.25, 0.3) is 0 Å². The molecule has 0 aromatic heterocycles. The average Bonchev–Trinajstić information content (AvgIpc) is 2.55. The topological polar surface area (TPSA) is 35.6 Å². The highest BCUT2D eigenvalue weighted by Gasteiger charge is 2.24. The minimum Gasteiger partial charge on any atom is -0.338 e. The van der Waals surface area contributed by atoms with Gasteiger partial charge in [0, 0.05) is 13.6 Å². The van der Waals surface area contributed by atoms with Crippen LogP contribution in [0.2, 0.25) is 0 Å². The smallest absolute Gasteiger partial charge is 0.236 e. The molecule has 1 aromatic rings. The Labute approximate surface area is 146 Å². The molecule has 2 atom stereocenters. The van der Waals surface area contributed by atoms with E-state index in [1.54, 1.807) is 0 Å². The second-order valence-corrected chi connectivity index (χ2v) is 6.39. The van der Waals surface area contributed by atoms with Gasteiger partial charge in [0.05, 0.1) is 12.6 Å². The van der Waals surface area contributed by atoms with Gasteiger partial charge in [0.15, 0.2) is 0 Å². The number of rotatable bonds is 6. The van der Waals surface area contributed by atoms with Crippen molar-refractivity contribution in [1.29, 1.82) is 0 Å². The van der Waals surface area contributed by atoms with E-state index in [1.807, 2.05) is 37.2 Å². The molecule has 130 valence electrons. The number of piperidine rings is 1. The second-order valence-electron chi connectivity index (χ2n) is 6.39. The minimum atomic E-state index is 0. The van der Waals surface area contributed by atoms with Crippen molar-refractivity contribution in [3.63, 3.8) is 0 Å². The molecule has 5 heteroatoms. The number of carbonyl (C=O) groups excluding carboxylic acids is 1. The van der Waals surface area contributed by atoms with Gasteiger partial charge in [-0.05, 0) is 51.4 Å². The number of halogens is 1. The van der Waals surface area contributed by atoms with E-state index in [0.717, 1.165) is 19.6 Å². The van der Waals surface area contributed by atoms with Crippen molar-refractivity contribution in [2.45, 2.75) is 25.8 Å². The monoisotopic (exact) mass is 339 g/mol. The van der Waals surface area contributed by atoms with Gasteiger partial charge in [0.1, 0.15) is 0 Å². The summed E-state index contributed by atoms with van der Waals surface area (Å²) < 4.78 is 0. The number of hydrogen-bond donors (Lipinski definition) is 1. The Kier molecular flexibility index (Phi) is 8.59. The van der Waals surface area contributed by atoms with E-state index in [-0.39, 0.29) is 24.4 Å². The third-order valence-electron chi connectivity index (χ3n) is 4.71. The van der Waals surface area contributed by atoms with Gasteiger partial charge >= 0.3 is 0 Å². The third kappa shape index (κ3) is 5.79. The van der Waals surface area contributed by atoms with E-state index in [9.17, 15) is 4.79 Å². The summed E-state index contributed by atoms with van der Waals surface area (Å²) in [6.45, 7) is 5.74. The molecular weight excluding hydrogens is 310 g/mol. The zero-order chi connectivity index (χ0) is 15.9. The number of hydrogen-bond acceptors (Lipinski definition) is 3. The van der Waals surface area contributed by atoms with Crippen LogP contribution in [-0.2, 0) is 4.79 Å². The summed E-state index contributed by atoms with van der Waals surface area (Å²) in [6.07, 6.45) is 2.46. The van der Waals surface area contributed by atoms with E-state index in [1.165, 1.54) is 18.4 Å². The zero-order valence-electron chi connectivity index (χ0n) is 14.5. The molecule has 0 saturated carbocycles. The zero-order valence-corrected chi connectivity index (χ0v) is 15.3. The first-order valence-corrected chi connectivity index (χ1v) is 8.29. The molecule has 0 bridgehead atoms. The van der Waals surface area contributed by atoms with Gasteiger partial charge in [-0.1, -0.05) is 30.3 Å². The Hall–Kier alpha value is -1.10. The van der Waals surface area contributed by atoms with Gasteiger partial charge in [-0.25, -0.2) is 0 Å². The lowest BCUT2D eigenvalue weighted by atomic mass is 9.98. The second kappa shape index (κ2) is 9.91. The highest BCUT2D eigenvalue weighted by atomic mass is 35.5. The molecule has 0 radical (unpaired) electrons. The lowest BCUT2D eigenvalue weighted by Crippen LogP contribution is -2.45. The molecule has 1 fully saturated rings. The maximum absolute atomic E-state index is 12.6. The molecule has 2 rings (SSSR count). The van der Waals surface area contributed by atoms with Crippen molar-refractivity contribution >= 4 is 18.3 Å². The van der Waals surface area contributed by atoms with Gasteiger partial charge in [-0.15, -0.1) is 12.4 Å². The van der Waals surface area contributed by atoms with E-state index in [4.69, 9.17) is 0 Å². The summed E-state index contributed by atoms with van der Waals surface area (Å²) in [6, 6.07) is 10.3. The molecule has 1 N–H and O–H groups in total. The Morgan fingerprint density at radius 2 is 2.09 bits per heavy atom. The van der Waals surface area contributed by atoms with Crippen LogP contribution in [-0.4, -0.2) is 56.0 Å². The molecule has 0 spiro atoms. The Bertz CT molecular complexity index is 467. The minimum absolute atomic E-state index is 0. The number of nitrogens with one attached hydrogen (secondary N) is 1. The predicted molar refractivity (Wildman–Crippen MR) is 98.0 cm³/mol. The normalized spacial score (nSPS) is 19.7. The van der Waals surface area contributed by atoms with Gasteiger partial charge in [-0.2, -0.15) is 0 Å². The van der Waals surface area contributed by atoms with Crippen molar-refractivity contribution < 1.29 is 4.79 Å². The quantitative estimate of drug-likeness (QED) is 0.865. The maximum Gasteiger partial charge on any atom is 0.236 e. The van der Waals surface area contributed by atoms with Gasteiger partial charge < -0.3 is 10.2 Å². The first-order valence-electron chi connectivity index (χ1n) is 8.29. The van der Waals surface area contributed by atoms with Crippen molar-refractivity contribution in [2.75, 3.05) is 40.3 Å². The van der Waals surface area contributed by atoms with Crippen LogP contribution in [0.15, 0.2) is 30.3 Å². The first-order chi connectivity index (χ1) is 10.6. The van der Waals surface area contributed by atoms with Crippen molar-refractivity contribution in [1.82, 2.24) is 15.1 Å². The first kappa shape index (κ1) is 19.9. The van der Waals surface area contributed by atoms with Crippen LogP contribution in [0.4, 0.5) is 0 Å². The molecule has 2 unspecified atom stereocenters. The van der Waals surface area contributed by atoms with Gasteiger partial charge in [0.2, 0.25) is 5.91 Å². The molecule has 1 heterocycles. The fourth-order valence-corrected chi connectivity index (χ4v) is 3.22. The van der Waals surface area contributed by atoms with Gasteiger partial charge in [-0.3, -0.25) is 9.69 Å². The molecule has 1 saturated heterocycles. The number of likely N-dealkylation sites (N-methyl/N-ethyl adjacent to an activating group) is 1. The number of carbonyl (C=O) groups is 1. The Balaban J connectivity index is 0.00000264. The van der Waals surface area contributed by atoms with E-state index in [2.05, 4.69) is 29.3 Å². The third-order valence-corrected chi connectivity index (χ3v) is 4.71. The van der Waals surface area contributed by atoms with Crippen LogP contribution in [0.5, 0.6) is 0 Å². The molecule has 1 aromatic carbocycles. The van der Waals surface area contributed by atoms with Crippen LogP contribution >= 0.6 is 12.4 Å². The van der Waals surface area contributed by atoms with E-state index >= 15 is 0 Å². The average molecular weight is 340 g/mol.